The number of nitrogens with one attached hydrogen (secondary N) is 1. The molecule has 5 heteroatoms. The molecule has 1 aromatic carbocycles. The number of thioether (sulfide) groups is 1. The largest absolute Gasteiger partial charge is 0.293 e. The molecule has 0 aliphatic heterocycles. The highest BCUT2D eigenvalue weighted by Gasteiger charge is 2.27. The van der Waals surface area contributed by atoms with Crippen LogP contribution >= 0.6 is 11.8 Å². The first-order valence-electron chi connectivity index (χ1n) is 6.38. The van der Waals surface area contributed by atoms with Gasteiger partial charge >= 0.3 is 0 Å². The summed E-state index contributed by atoms with van der Waals surface area (Å²) < 4.78 is 0. The smallest absolute Gasteiger partial charge is 0.255 e. The van der Waals surface area contributed by atoms with Crippen molar-refractivity contribution in [2.75, 3.05) is 19.1 Å². The molecule has 0 aliphatic carbocycles. The summed E-state index contributed by atoms with van der Waals surface area (Å²) in [5.41, 5.74) is 3.23. The average Bonchev–Trinajstić information content (AvgIpc) is 2.45. The number of amides is 1. The number of hydrazine groups is 1. The molecule has 3 N–H and O–H groups in total. The molecule has 2 unspecified atom stereocenters. The van der Waals surface area contributed by atoms with Crippen molar-refractivity contribution in [1.29, 1.82) is 0 Å². The standard InChI is InChI=1S/C14H23N3OS/c1-11(9-10-19-3)17(2)13(14(18)16-15)12-7-5-4-6-8-12/h4-8,11,13H,9-10,15H2,1-3H3,(H,16,18). The van der Waals surface area contributed by atoms with Gasteiger partial charge in [-0.25, -0.2) is 5.84 Å². The van der Waals surface area contributed by atoms with Gasteiger partial charge in [-0.1, -0.05) is 30.3 Å². The quantitative estimate of drug-likeness (QED) is 0.454. The van der Waals surface area contributed by atoms with Crippen LogP contribution in [0.5, 0.6) is 0 Å². The van der Waals surface area contributed by atoms with Crippen molar-refractivity contribution in [2.24, 2.45) is 5.84 Å². The van der Waals surface area contributed by atoms with E-state index in [1.807, 2.05) is 49.1 Å². The molecule has 1 aromatic rings. The fourth-order valence-corrected chi connectivity index (χ4v) is 2.61. The highest BCUT2D eigenvalue weighted by Crippen LogP contribution is 2.23. The van der Waals surface area contributed by atoms with E-state index in [1.54, 1.807) is 0 Å². The van der Waals surface area contributed by atoms with Crippen molar-refractivity contribution in [1.82, 2.24) is 10.3 Å². The Bertz CT molecular complexity index is 386. The molecule has 0 aromatic heterocycles. The van der Waals surface area contributed by atoms with Crippen LogP contribution in [0.25, 0.3) is 0 Å². The second-order valence-corrected chi connectivity index (χ2v) is 5.60. The zero-order chi connectivity index (χ0) is 14.3. The van der Waals surface area contributed by atoms with E-state index >= 15 is 0 Å². The van der Waals surface area contributed by atoms with E-state index in [1.165, 1.54) is 0 Å². The SMILES string of the molecule is CSCCC(C)N(C)C(C(=O)NN)c1ccccc1. The third-order valence-corrected chi connectivity index (χ3v) is 3.99. The van der Waals surface area contributed by atoms with Crippen molar-refractivity contribution in [3.63, 3.8) is 0 Å². The van der Waals surface area contributed by atoms with Gasteiger partial charge in [0, 0.05) is 6.04 Å². The number of carbonyl (C=O) groups excluding carboxylic acids is 1. The molecule has 19 heavy (non-hydrogen) atoms. The summed E-state index contributed by atoms with van der Waals surface area (Å²) in [5.74, 6) is 6.22. The lowest BCUT2D eigenvalue weighted by molar-refractivity contribution is -0.127. The van der Waals surface area contributed by atoms with Crippen LogP contribution < -0.4 is 11.3 Å². The Morgan fingerprint density at radius 2 is 2.05 bits per heavy atom. The Morgan fingerprint density at radius 1 is 1.42 bits per heavy atom. The molecule has 1 rings (SSSR count). The monoisotopic (exact) mass is 281 g/mol. The maximum absolute atomic E-state index is 12.0. The van der Waals surface area contributed by atoms with Gasteiger partial charge in [0.15, 0.2) is 0 Å². The van der Waals surface area contributed by atoms with E-state index in [-0.39, 0.29) is 11.9 Å². The van der Waals surface area contributed by atoms with E-state index in [2.05, 4.69) is 23.5 Å². The van der Waals surface area contributed by atoms with Crippen LogP contribution in [0.3, 0.4) is 0 Å². The number of likely N-dealkylation sites (N-methyl/N-ethyl adjacent to an activating group) is 1. The van der Waals surface area contributed by atoms with Crippen LogP contribution in [0.15, 0.2) is 30.3 Å². The molecular formula is C14H23N3OS. The predicted octanol–water partition coefficient (Wildman–Crippen LogP) is 1.79. The van der Waals surface area contributed by atoms with Crippen LogP contribution in [-0.4, -0.2) is 35.9 Å². The van der Waals surface area contributed by atoms with Gasteiger partial charge < -0.3 is 0 Å². The summed E-state index contributed by atoms with van der Waals surface area (Å²) in [7, 11) is 1.97. The van der Waals surface area contributed by atoms with Crippen LogP contribution in [0.2, 0.25) is 0 Å². The molecule has 0 heterocycles. The molecule has 2 atom stereocenters. The summed E-state index contributed by atoms with van der Waals surface area (Å²) >= 11 is 1.82. The Labute approximate surface area is 119 Å². The second kappa shape index (κ2) is 8.19. The second-order valence-electron chi connectivity index (χ2n) is 4.62. The third-order valence-electron chi connectivity index (χ3n) is 3.35. The van der Waals surface area contributed by atoms with E-state index in [9.17, 15) is 4.79 Å². The van der Waals surface area contributed by atoms with Gasteiger partial charge in [0.2, 0.25) is 0 Å². The molecule has 0 spiro atoms. The number of hydrogen-bond donors (Lipinski definition) is 2. The van der Waals surface area contributed by atoms with Gasteiger partial charge in [0.1, 0.15) is 6.04 Å². The minimum Gasteiger partial charge on any atom is -0.293 e. The van der Waals surface area contributed by atoms with Gasteiger partial charge in [-0.15, -0.1) is 0 Å². The Kier molecular flexibility index (Phi) is 6.91. The van der Waals surface area contributed by atoms with E-state index in [0.29, 0.717) is 6.04 Å². The molecule has 0 fully saturated rings. The lowest BCUT2D eigenvalue weighted by Gasteiger charge is -2.32. The predicted molar refractivity (Wildman–Crippen MR) is 81.7 cm³/mol. The zero-order valence-electron chi connectivity index (χ0n) is 11.8. The van der Waals surface area contributed by atoms with Crippen molar-refractivity contribution in [3.8, 4) is 0 Å². The first kappa shape index (κ1) is 16.0. The Balaban J connectivity index is 2.88. The van der Waals surface area contributed by atoms with E-state index < -0.39 is 0 Å². The molecule has 1 amide bonds. The molecule has 106 valence electrons. The van der Waals surface area contributed by atoms with Crippen LogP contribution in [0.4, 0.5) is 0 Å². The van der Waals surface area contributed by atoms with Gasteiger partial charge in [0.25, 0.3) is 5.91 Å². The molecular weight excluding hydrogens is 258 g/mol. The van der Waals surface area contributed by atoms with Gasteiger partial charge in [-0.05, 0) is 38.0 Å². The minimum atomic E-state index is -0.344. The summed E-state index contributed by atoms with van der Waals surface area (Å²) in [6.07, 6.45) is 3.13. The summed E-state index contributed by atoms with van der Waals surface area (Å²) in [4.78, 5) is 14.1. The molecule has 0 bridgehead atoms. The number of hydrogen-bond acceptors (Lipinski definition) is 4. The summed E-state index contributed by atoms with van der Waals surface area (Å²) in [6.45, 7) is 2.13. The maximum atomic E-state index is 12.0. The van der Waals surface area contributed by atoms with Crippen LogP contribution in [0.1, 0.15) is 24.9 Å². The van der Waals surface area contributed by atoms with E-state index in [4.69, 9.17) is 5.84 Å². The molecule has 0 saturated carbocycles. The highest BCUT2D eigenvalue weighted by atomic mass is 32.2. The number of rotatable bonds is 7. The van der Waals surface area contributed by atoms with Crippen molar-refractivity contribution in [3.05, 3.63) is 35.9 Å². The molecule has 0 aliphatic rings. The molecule has 0 saturated heterocycles. The third kappa shape index (κ3) is 4.53. The van der Waals surface area contributed by atoms with Crippen molar-refractivity contribution < 1.29 is 4.79 Å². The average molecular weight is 281 g/mol. The van der Waals surface area contributed by atoms with Gasteiger partial charge in [-0.3, -0.25) is 15.1 Å². The van der Waals surface area contributed by atoms with Crippen molar-refractivity contribution in [2.45, 2.75) is 25.4 Å². The Hall–Kier alpha value is -1.04. The first-order valence-corrected chi connectivity index (χ1v) is 7.77. The highest BCUT2D eigenvalue weighted by molar-refractivity contribution is 7.98. The lowest BCUT2D eigenvalue weighted by Crippen LogP contribution is -2.45. The van der Waals surface area contributed by atoms with Crippen LogP contribution in [0, 0.1) is 0 Å². The van der Waals surface area contributed by atoms with Gasteiger partial charge in [0.05, 0.1) is 0 Å². The number of carbonyl (C=O) groups is 1. The minimum absolute atomic E-state index is 0.176. The Morgan fingerprint density at radius 3 is 2.58 bits per heavy atom. The lowest BCUT2D eigenvalue weighted by atomic mass is 10.0. The first-order chi connectivity index (χ1) is 9.11. The van der Waals surface area contributed by atoms with Gasteiger partial charge in [-0.2, -0.15) is 11.8 Å². The van der Waals surface area contributed by atoms with Crippen LogP contribution in [-0.2, 0) is 4.79 Å². The summed E-state index contributed by atoms with van der Waals surface area (Å²) in [5, 5.41) is 0. The number of nitrogens with zero attached hydrogens (tertiary/aromatic N) is 1. The van der Waals surface area contributed by atoms with E-state index in [0.717, 1.165) is 17.7 Å². The number of nitrogens with two attached hydrogens (primary N) is 1. The molecule has 4 nitrogen and oxygen atoms in total. The molecule has 0 radical (unpaired) electrons. The fourth-order valence-electron chi connectivity index (χ4n) is 2.03. The normalized spacial score (nSPS) is 14.2. The number of benzene rings is 1. The zero-order valence-corrected chi connectivity index (χ0v) is 12.6. The maximum Gasteiger partial charge on any atom is 0.255 e. The topological polar surface area (TPSA) is 58.4 Å². The fraction of sp³-hybridized carbons (Fsp3) is 0.500. The summed E-state index contributed by atoms with van der Waals surface area (Å²) in [6, 6.07) is 9.70. The van der Waals surface area contributed by atoms with Crippen molar-refractivity contribution >= 4 is 17.7 Å².